The predicted octanol–water partition coefficient (Wildman–Crippen LogP) is 2.72. The van der Waals surface area contributed by atoms with E-state index < -0.39 is 0 Å². The fraction of sp³-hybridized carbons (Fsp3) is 0.579. The van der Waals surface area contributed by atoms with E-state index in [-0.39, 0.29) is 5.91 Å². The lowest BCUT2D eigenvalue weighted by Crippen LogP contribution is -2.47. The summed E-state index contributed by atoms with van der Waals surface area (Å²) in [4.78, 5) is 19.6. The van der Waals surface area contributed by atoms with Crippen molar-refractivity contribution in [2.45, 2.75) is 43.3 Å². The minimum atomic E-state index is -0.207. The number of hydrogen-bond acceptors (Lipinski definition) is 3. The van der Waals surface area contributed by atoms with E-state index in [0.717, 1.165) is 45.0 Å². The maximum absolute atomic E-state index is 11.2. The molecule has 0 saturated carbocycles. The first-order valence-corrected chi connectivity index (χ1v) is 9.99. The number of likely N-dealkylation sites (tertiary alicyclic amines) is 1. The largest absolute Gasteiger partial charge is 0.370 e. The van der Waals surface area contributed by atoms with E-state index in [2.05, 4.69) is 48.3 Å². The first kappa shape index (κ1) is 19.6. The molecule has 5 nitrogen and oxygen atoms in total. The highest BCUT2D eigenvalue weighted by Crippen LogP contribution is 2.23. The Bertz CT molecular complexity index is 564. The van der Waals surface area contributed by atoms with Gasteiger partial charge >= 0.3 is 0 Å². The van der Waals surface area contributed by atoms with Gasteiger partial charge in [0.2, 0.25) is 5.91 Å². The zero-order valence-electron chi connectivity index (χ0n) is 15.3. The number of benzene rings is 1. The van der Waals surface area contributed by atoms with Crippen LogP contribution in [0.3, 0.4) is 0 Å². The monoisotopic (exact) mass is 362 g/mol. The van der Waals surface area contributed by atoms with Gasteiger partial charge in [0.25, 0.3) is 0 Å². The average Bonchev–Trinajstić information content (AvgIpc) is 2.59. The summed E-state index contributed by atoms with van der Waals surface area (Å²) in [7, 11) is 0. The molecule has 1 aromatic carbocycles. The fourth-order valence-electron chi connectivity index (χ4n) is 3.12. The lowest BCUT2D eigenvalue weighted by atomic mass is 9.95. The Balaban J connectivity index is 1.93. The molecule has 1 amide bonds. The lowest BCUT2D eigenvalue weighted by Gasteiger charge is -2.34. The zero-order chi connectivity index (χ0) is 18.1. The molecule has 0 aromatic heterocycles. The summed E-state index contributed by atoms with van der Waals surface area (Å²) in [5.41, 5.74) is 5.37. The number of nitrogens with two attached hydrogens (primary N) is 1. The van der Waals surface area contributed by atoms with E-state index in [1.165, 1.54) is 4.90 Å². The van der Waals surface area contributed by atoms with Crippen molar-refractivity contribution in [2.75, 3.05) is 26.2 Å². The molecular formula is C19H30N4OS. The molecule has 1 aliphatic heterocycles. The van der Waals surface area contributed by atoms with Crippen LogP contribution in [0.5, 0.6) is 0 Å². The molecule has 3 N–H and O–H groups in total. The molecule has 25 heavy (non-hydrogen) atoms. The Morgan fingerprint density at radius 2 is 2.20 bits per heavy atom. The molecule has 0 bridgehead atoms. The third-order valence-corrected chi connectivity index (χ3v) is 5.32. The van der Waals surface area contributed by atoms with Crippen LogP contribution in [0.4, 0.5) is 0 Å². The van der Waals surface area contributed by atoms with Crippen molar-refractivity contribution >= 4 is 23.6 Å². The number of thioether (sulfide) groups is 1. The first-order valence-electron chi connectivity index (χ1n) is 9.11. The van der Waals surface area contributed by atoms with E-state index >= 15 is 0 Å². The van der Waals surface area contributed by atoms with Crippen LogP contribution in [0.2, 0.25) is 0 Å². The second-order valence-electron chi connectivity index (χ2n) is 6.56. The number of rotatable bonds is 7. The number of piperidine rings is 1. The quantitative estimate of drug-likeness (QED) is 0.444. The summed E-state index contributed by atoms with van der Waals surface area (Å²) in [6.07, 6.45) is 2.62. The van der Waals surface area contributed by atoms with Crippen LogP contribution in [0.15, 0.2) is 40.2 Å². The maximum atomic E-state index is 11.2. The van der Waals surface area contributed by atoms with Crippen molar-refractivity contribution in [3.05, 3.63) is 30.3 Å². The number of amides is 1. The van der Waals surface area contributed by atoms with Crippen LogP contribution >= 0.6 is 11.8 Å². The highest BCUT2D eigenvalue weighted by atomic mass is 32.2. The summed E-state index contributed by atoms with van der Waals surface area (Å²) < 4.78 is 0. The summed E-state index contributed by atoms with van der Waals surface area (Å²) in [6, 6.07) is 10.4. The van der Waals surface area contributed by atoms with Crippen LogP contribution in [0.1, 0.15) is 33.1 Å². The second kappa shape index (κ2) is 10.3. The number of hydrogen-bond donors (Lipinski definition) is 2. The van der Waals surface area contributed by atoms with Crippen molar-refractivity contribution in [1.29, 1.82) is 0 Å². The Hall–Kier alpha value is -1.69. The van der Waals surface area contributed by atoms with Crippen molar-refractivity contribution in [1.82, 2.24) is 10.2 Å². The molecule has 1 fully saturated rings. The Morgan fingerprint density at radius 3 is 2.88 bits per heavy atom. The average molecular weight is 363 g/mol. The highest BCUT2D eigenvalue weighted by molar-refractivity contribution is 8.00. The van der Waals surface area contributed by atoms with Crippen LogP contribution < -0.4 is 11.1 Å². The molecule has 0 spiro atoms. The topological polar surface area (TPSA) is 70.7 Å². The number of guanidine groups is 1. The van der Waals surface area contributed by atoms with Gasteiger partial charge < -0.3 is 16.0 Å². The number of carbonyl (C=O) groups excluding carboxylic acids is 1. The van der Waals surface area contributed by atoms with Crippen molar-refractivity contribution in [2.24, 2.45) is 16.6 Å². The summed E-state index contributed by atoms with van der Waals surface area (Å²) >= 11 is 1.84. The molecule has 1 aromatic rings. The standard InChI is InChI=1S/C19H30N4OS/c1-3-21-19(23-11-7-8-16(14-23)12-18(20)24)22-13-15(2)25-17-9-5-4-6-10-17/h4-6,9-10,15-16H,3,7-8,11-14H2,1-2H3,(H2,20,24)(H,21,22). The minimum absolute atomic E-state index is 0.207. The third kappa shape index (κ3) is 6.98. The lowest BCUT2D eigenvalue weighted by molar-refractivity contribution is -0.119. The van der Waals surface area contributed by atoms with Gasteiger partial charge in [0, 0.05) is 36.2 Å². The molecule has 2 rings (SSSR count). The van der Waals surface area contributed by atoms with Crippen LogP contribution in [0, 0.1) is 5.92 Å². The van der Waals surface area contributed by atoms with Gasteiger partial charge in [-0.05, 0) is 37.8 Å². The van der Waals surface area contributed by atoms with E-state index in [1.54, 1.807) is 0 Å². The zero-order valence-corrected chi connectivity index (χ0v) is 16.1. The number of aliphatic imine (C=N–C) groups is 1. The van der Waals surface area contributed by atoms with Gasteiger partial charge in [-0.3, -0.25) is 9.79 Å². The van der Waals surface area contributed by atoms with E-state index in [9.17, 15) is 4.79 Å². The van der Waals surface area contributed by atoms with Crippen LogP contribution in [-0.2, 0) is 4.79 Å². The fourth-order valence-corrected chi connectivity index (χ4v) is 4.05. The highest BCUT2D eigenvalue weighted by Gasteiger charge is 2.23. The molecule has 1 saturated heterocycles. The van der Waals surface area contributed by atoms with Crippen molar-refractivity contribution in [3.8, 4) is 0 Å². The number of nitrogens with one attached hydrogen (secondary N) is 1. The molecular weight excluding hydrogens is 332 g/mol. The molecule has 1 aliphatic rings. The van der Waals surface area contributed by atoms with Gasteiger partial charge in [-0.1, -0.05) is 25.1 Å². The van der Waals surface area contributed by atoms with E-state index in [0.29, 0.717) is 17.6 Å². The normalized spacial score (nSPS) is 19.5. The minimum Gasteiger partial charge on any atom is -0.370 e. The predicted molar refractivity (Wildman–Crippen MR) is 106 cm³/mol. The molecule has 2 atom stereocenters. The van der Waals surface area contributed by atoms with Gasteiger partial charge in [0.15, 0.2) is 5.96 Å². The van der Waals surface area contributed by atoms with E-state index in [1.807, 2.05) is 17.8 Å². The van der Waals surface area contributed by atoms with Crippen molar-refractivity contribution < 1.29 is 4.79 Å². The summed E-state index contributed by atoms with van der Waals surface area (Å²) in [6.45, 7) is 7.74. The summed E-state index contributed by atoms with van der Waals surface area (Å²) in [5, 5.41) is 3.80. The molecule has 6 heteroatoms. The van der Waals surface area contributed by atoms with Crippen LogP contribution in [0.25, 0.3) is 0 Å². The van der Waals surface area contributed by atoms with Gasteiger partial charge in [-0.25, -0.2) is 0 Å². The Morgan fingerprint density at radius 1 is 1.44 bits per heavy atom. The van der Waals surface area contributed by atoms with Gasteiger partial charge in [0.1, 0.15) is 0 Å². The van der Waals surface area contributed by atoms with E-state index in [4.69, 9.17) is 10.7 Å². The first-order chi connectivity index (χ1) is 12.1. The molecule has 138 valence electrons. The molecule has 0 aliphatic carbocycles. The van der Waals surface area contributed by atoms with Gasteiger partial charge in [-0.15, -0.1) is 11.8 Å². The number of carbonyl (C=O) groups is 1. The smallest absolute Gasteiger partial charge is 0.217 e. The molecule has 2 unspecified atom stereocenters. The number of primary amides is 1. The second-order valence-corrected chi connectivity index (χ2v) is 8.07. The number of nitrogens with zero attached hydrogens (tertiary/aromatic N) is 2. The third-order valence-electron chi connectivity index (χ3n) is 4.22. The molecule has 1 heterocycles. The SMILES string of the molecule is CCNC(=NCC(C)Sc1ccccc1)N1CCCC(CC(N)=O)C1. The molecule has 0 radical (unpaired) electrons. The Kier molecular flexibility index (Phi) is 8.12. The summed E-state index contributed by atoms with van der Waals surface area (Å²) in [5.74, 6) is 1.09. The maximum Gasteiger partial charge on any atom is 0.217 e. The Labute approximate surface area is 155 Å². The van der Waals surface area contributed by atoms with Crippen molar-refractivity contribution in [3.63, 3.8) is 0 Å². The van der Waals surface area contributed by atoms with Gasteiger partial charge in [0.05, 0.1) is 6.54 Å². The van der Waals surface area contributed by atoms with Crippen LogP contribution in [-0.4, -0.2) is 48.2 Å². The van der Waals surface area contributed by atoms with Gasteiger partial charge in [-0.2, -0.15) is 0 Å².